The van der Waals surface area contributed by atoms with Crippen molar-refractivity contribution in [3.63, 3.8) is 0 Å². The van der Waals surface area contributed by atoms with Gasteiger partial charge in [-0.05, 0) is 55.2 Å². The fraction of sp³-hybridized carbons (Fsp3) is 0.304. The highest BCUT2D eigenvalue weighted by Gasteiger charge is 2.42. The Morgan fingerprint density at radius 2 is 1.87 bits per heavy atom. The first kappa shape index (κ1) is 20.9. The molecule has 1 unspecified atom stereocenters. The fourth-order valence-electron chi connectivity index (χ4n) is 4.11. The van der Waals surface area contributed by atoms with E-state index in [0.717, 1.165) is 11.1 Å². The summed E-state index contributed by atoms with van der Waals surface area (Å²) in [4.78, 5) is 28.5. The van der Waals surface area contributed by atoms with Crippen LogP contribution in [0.1, 0.15) is 45.3 Å². The number of nitrogens with zero attached hydrogens (tertiary/aromatic N) is 1. The average Bonchev–Trinajstić information content (AvgIpc) is 2.98. The SMILES string of the molecule is COCCCN1C(=O)c2oc3c(C)cc(C)cc3c(=O)c2C1c1ccc(Cl)c(Cl)c1. The number of hydrogen-bond donors (Lipinski definition) is 0. The molecule has 0 spiro atoms. The number of methoxy groups -OCH3 is 1. The van der Waals surface area contributed by atoms with E-state index in [4.69, 9.17) is 32.4 Å². The summed E-state index contributed by atoms with van der Waals surface area (Å²) in [7, 11) is 1.61. The second-order valence-corrected chi connectivity index (χ2v) is 8.37. The molecule has 1 aromatic heterocycles. The highest BCUT2D eigenvalue weighted by atomic mass is 35.5. The largest absolute Gasteiger partial charge is 0.450 e. The van der Waals surface area contributed by atoms with Gasteiger partial charge >= 0.3 is 0 Å². The van der Waals surface area contributed by atoms with Crippen LogP contribution in [0.25, 0.3) is 11.0 Å². The Balaban J connectivity index is 1.96. The molecule has 4 rings (SSSR count). The number of benzene rings is 2. The summed E-state index contributed by atoms with van der Waals surface area (Å²) in [6.45, 7) is 4.71. The zero-order valence-electron chi connectivity index (χ0n) is 16.9. The van der Waals surface area contributed by atoms with Crippen molar-refractivity contribution in [2.45, 2.75) is 26.3 Å². The summed E-state index contributed by atoms with van der Waals surface area (Å²) in [6.07, 6.45) is 0.625. The maximum atomic E-state index is 13.6. The van der Waals surface area contributed by atoms with Crippen LogP contribution in [-0.4, -0.2) is 31.1 Å². The summed E-state index contributed by atoms with van der Waals surface area (Å²) in [6, 6.07) is 8.30. The second-order valence-electron chi connectivity index (χ2n) is 7.55. The Kier molecular flexibility index (Phi) is 5.62. The third-order valence-corrected chi connectivity index (χ3v) is 6.14. The lowest BCUT2D eigenvalue weighted by Crippen LogP contribution is -2.31. The molecule has 2 heterocycles. The molecule has 156 valence electrons. The standard InChI is InChI=1S/C23H21Cl2NO4/c1-12-9-13(2)21-15(10-12)20(27)18-19(14-5-6-16(24)17(25)11-14)26(7-4-8-29-3)23(28)22(18)30-21/h5-6,9-11,19H,4,7-8H2,1-3H3. The van der Waals surface area contributed by atoms with Gasteiger partial charge in [-0.2, -0.15) is 0 Å². The topological polar surface area (TPSA) is 59.8 Å². The third kappa shape index (κ3) is 3.41. The number of amides is 1. The quantitative estimate of drug-likeness (QED) is 0.500. The van der Waals surface area contributed by atoms with Crippen molar-refractivity contribution in [1.29, 1.82) is 0 Å². The molecule has 0 radical (unpaired) electrons. The van der Waals surface area contributed by atoms with Gasteiger partial charge in [-0.15, -0.1) is 0 Å². The van der Waals surface area contributed by atoms with E-state index < -0.39 is 6.04 Å². The van der Waals surface area contributed by atoms with Crippen molar-refractivity contribution in [2.24, 2.45) is 0 Å². The molecular formula is C23H21Cl2NO4. The van der Waals surface area contributed by atoms with Gasteiger partial charge in [0.05, 0.1) is 27.0 Å². The van der Waals surface area contributed by atoms with Gasteiger partial charge < -0.3 is 14.1 Å². The lowest BCUT2D eigenvalue weighted by Gasteiger charge is -2.25. The van der Waals surface area contributed by atoms with Crippen molar-refractivity contribution < 1.29 is 13.9 Å². The predicted molar refractivity (Wildman–Crippen MR) is 118 cm³/mol. The lowest BCUT2D eigenvalue weighted by molar-refractivity contribution is 0.0708. The minimum Gasteiger partial charge on any atom is -0.450 e. The molecule has 1 atom stereocenters. The molecule has 1 aliphatic heterocycles. The molecule has 7 heteroatoms. The van der Waals surface area contributed by atoms with E-state index in [9.17, 15) is 9.59 Å². The van der Waals surface area contributed by atoms with Crippen LogP contribution in [0.3, 0.4) is 0 Å². The van der Waals surface area contributed by atoms with Crippen LogP contribution in [-0.2, 0) is 4.74 Å². The second kappa shape index (κ2) is 8.06. The Hall–Kier alpha value is -2.34. The first-order valence-corrected chi connectivity index (χ1v) is 10.4. The molecular weight excluding hydrogens is 425 g/mol. The Bertz CT molecular complexity index is 1220. The van der Waals surface area contributed by atoms with Crippen LogP contribution in [0.5, 0.6) is 0 Å². The molecule has 1 aliphatic rings. The minimum absolute atomic E-state index is 0.0907. The number of rotatable bonds is 5. The molecule has 0 bridgehead atoms. The molecule has 5 nitrogen and oxygen atoms in total. The molecule has 0 saturated heterocycles. The fourth-order valence-corrected chi connectivity index (χ4v) is 4.42. The zero-order valence-corrected chi connectivity index (χ0v) is 18.4. The van der Waals surface area contributed by atoms with Crippen molar-refractivity contribution in [3.05, 3.63) is 78.6 Å². The van der Waals surface area contributed by atoms with Gasteiger partial charge in [-0.1, -0.05) is 35.3 Å². The van der Waals surface area contributed by atoms with E-state index in [0.29, 0.717) is 51.7 Å². The van der Waals surface area contributed by atoms with Gasteiger partial charge in [-0.25, -0.2) is 0 Å². The Labute approximate surface area is 184 Å². The monoisotopic (exact) mass is 445 g/mol. The highest BCUT2D eigenvalue weighted by Crippen LogP contribution is 2.40. The van der Waals surface area contributed by atoms with Crippen LogP contribution in [0.15, 0.2) is 39.5 Å². The van der Waals surface area contributed by atoms with Gasteiger partial charge in [0, 0.05) is 20.3 Å². The molecule has 0 aliphatic carbocycles. The molecule has 2 aromatic carbocycles. The minimum atomic E-state index is -0.597. The maximum Gasteiger partial charge on any atom is 0.290 e. The summed E-state index contributed by atoms with van der Waals surface area (Å²) in [5.41, 5.74) is 3.08. The molecule has 1 amide bonds. The smallest absolute Gasteiger partial charge is 0.290 e. The van der Waals surface area contributed by atoms with Gasteiger partial charge in [0.15, 0.2) is 5.43 Å². The van der Waals surface area contributed by atoms with E-state index in [2.05, 4.69) is 0 Å². The number of halogens is 2. The van der Waals surface area contributed by atoms with Crippen molar-refractivity contribution in [2.75, 3.05) is 20.3 Å². The van der Waals surface area contributed by atoms with Crippen molar-refractivity contribution in [1.82, 2.24) is 4.90 Å². The highest BCUT2D eigenvalue weighted by molar-refractivity contribution is 6.42. The van der Waals surface area contributed by atoms with Gasteiger partial charge in [-0.3, -0.25) is 9.59 Å². The summed E-state index contributed by atoms with van der Waals surface area (Å²) >= 11 is 12.3. The Morgan fingerprint density at radius 1 is 1.10 bits per heavy atom. The van der Waals surface area contributed by atoms with Gasteiger partial charge in [0.2, 0.25) is 5.76 Å². The molecule has 30 heavy (non-hydrogen) atoms. The third-order valence-electron chi connectivity index (χ3n) is 5.40. The average molecular weight is 446 g/mol. The summed E-state index contributed by atoms with van der Waals surface area (Å²) in [5, 5.41) is 1.25. The number of hydrogen-bond acceptors (Lipinski definition) is 4. The van der Waals surface area contributed by atoms with Gasteiger partial charge in [0.1, 0.15) is 5.58 Å². The predicted octanol–water partition coefficient (Wildman–Crippen LogP) is 5.30. The first-order valence-electron chi connectivity index (χ1n) is 9.66. The van der Waals surface area contributed by atoms with Gasteiger partial charge in [0.25, 0.3) is 5.91 Å². The number of fused-ring (bicyclic) bond motifs is 2. The van der Waals surface area contributed by atoms with E-state index in [-0.39, 0.29) is 17.1 Å². The normalized spacial score (nSPS) is 15.8. The van der Waals surface area contributed by atoms with Crippen LogP contribution in [0.4, 0.5) is 0 Å². The zero-order chi connectivity index (χ0) is 21.6. The molecule has 0 fully saturated rings. The number of ether oxygens (including phenoxy) is 1. The van der Waals surface area contributed by atoms with Crippen molar-refractivity contribution in [3.8, 4) is 0 Å². The summed E-state index contributed by atoms with van der Waals surface area (Å²) in [5.74, 6) is -0.218. The summed E-state index contributed by atoms with van der Waals surface area (Å²) < 4.78 is 11.2. The van der Waals surface area contributed by atoms with Crippen LogP contribution in [0, 0.1) is 13.8 Å². The van der Waals surface area contributed by atoms with Crippen LogP contribution >= 0.6 is 23.2 Å². The molecule has 0 N–H and O–H groups in total. The number of carbonyl (C=O) groups excluding carboxylic acids is 1. The number of aryl methyl sites for hydroxylation is 2. The molecule has 3 aromatic rings. The number of carbonyl (C=O) groups is 1. The van der Waals surface area contributed by atoms with E-state index in [1.165, 1.54) is 0 Å². The lowest BCUT2D eigenvalue weighted by atomic mass is 9.97. The maximum absolute atomic E-state index is 13.6. The van der Waals surface area contributed by atoms with E-state index in [1.807, 2.05) is 19.9 Å². The van der Waals surface area contributed by atoms with Crippen LogP contribution < -0.4 is 5.43 Å². The first-order chi connectivity index (χ1) is 14.3. The van der Waals surface area contributed by atoms with Crippen LogP contribution in [0.2, 0.25) is 10.0 Å². The van der Waals surface area contributed by atoms with Crippen molar-refractivity contribution >= 4 is 40.1 Å². The van der Waals surface area contributed by atoms with E-state index >= 15 is 0 Å². The van der Waals surface area contributed by atoms with E-state index in [1.54, 1.807) is 36.3 Å². The molecule has 0 saturated carbocycles. The Morgan fingerprint density at radius 3 is 2.57 bits per heavy atom.